The van der Waals surface area contributed by atoms with Crippen molar-refractivity contribution in [3.8, 4) is 0 Å². The first-order valence-corrected chi connectivity index (χ1v) is 22.8. The fraction of sp³-hybridized carbons (Fsp3) is 0.347. The fourth-order valence-corrected chi connectivity index (χ4v) is 10.0. The molecule has 5 aromatic rings. The first-order chi connectivity index (χ1) is 30.0. The Hall–Kier alpha value is -5.41. The molecule has 0 unspecified atom stereocenters. The number of piperidine rings is 1. The van der Waals surface area contributed by atoms with E-state index < -0.39 is 33.8 Å². The smallest absolute Gasteiger partial charge is 0.247 e. The molecule has 5 aromatic carbocycles. The Morgan fingerprint density at radius 2 is 1.45 bits per heavy atom. The van der Waals surface area contributed by atoms with Gasteiger partial charge in [0.25, 0.3) is 0 Å². The zero-order valence-corrected chi connectivity index (χ0v) is 36.0. The van der Waals surface area contributed by atoms with Crippen molar-refractivity contribution in [3.63, 3.8) is 0 Å². The van der Waals surface area contributed by atoms with Crippen LogP contribution in [0.25, 0.3) is 0 Å². The van der Waals surface area contributed by atoms with E-state index in [0.717, 1.165) is 52.2 Å². The quantitative estimate of drug-likeness (QED) is 0.107. The van der Waals surface area contributed by atoms with E-state index >= 15 is 0 Å². The third-order valence-electron chi connectivity index (χ3n) is 12.6. The first kappa shape index (κ1) is 43.2. The molecule has 0 radical (unpaired) electrons. The Morgan fingerprint density at radius 1 is 0.823 bits per heavy atom. The number of amides is 2. The van der Waals surface area contributed by atoms with Gasteiger partial charge in [-0.15, -0.1) is 0 Å². The van der Waals surface area contributed by atoms with E-state index in [2.05, 4.69) is 44.2 Å². The van der Waals surface area contributed by atoms with Gasteiger partial charge in [-0.25, -0.2) is 8.42 Å². The number of aliphatic hydroxyl groups excluding tert-OH is 1. The number of aliphatic hydroxyl groups is 1. The van der Waals surface area contributed by atoms with Crippen molar-refractivity contribution in [2.75, 3.05) is 31.2 Å². The summed E-state index contributed by atoms with van der Waals surface area (Å²) in [5, 5.41) is 15.8. The Balaban J connectivity index is 0.952. The van der Waals surface area contributed by atoms with Crippen molar-refractivity contribution >= 4 is 27.5 Å². The summed E-state index contributed by atoms with van der Waals surface area (Å²) in [5.74, 6) is -0.371. The van der Waals surface area contributed by atoms with Gasteiger partial charge in [0.15, 0.2) is 6.29 Å². The van der Waals surface area contributed by atoms with Crippen LogP contribution in [0.1, 0.15) is 65.5 Å². The number of hydrogen-bond acceptors (Lipinski definition) is 9. The molecule has 0 bridgehead atoms. The van der Waals surface area contributed by atoms with Crippen LogP contribution in [0.15, 0.2) is 138 Å². The van der Waals surface area contributed by atoms with E-state index in [9.17, 15) is 23.1 Å². The van der Waals surface area contributed by atoms with Gasteiger partial charge in [-0.05, 0) is 72.7 Å². The van der Waals surface area contributed by atoms with Crippen LogP contribution in [-0.2, 0) is 48.7 Å². The number of aryl methyl sites for hydroxylation is 1. The highest BCUT2D eigenvalue weighted by Crippen LogP contribution is 2.43. The van der Waals surface area contributed by atoms with Crippen LogP contribution in [0.3, 0.4) is 0 Å². The van der Waals surface area contributed by atoms with E-state index in [1.165, 1.54) is 12.1 Å². The molecule has 3 aliphatic heterocycles. The summed E-state index contributed by atoms with van der Waals surface area (Å²) in [6, 6.07) is 40.5. The molecule has 324 valence electrons. The monoisotopic (exact) mass is 857 g/mol. The minimum Gasteiger partial charge on any atom is -0.392 e. The Kier molecular flexibility index (Phi) is 13.2. The number of carbonyl (C=O) groups is 2. The minimum absolute atomic E-state index is 0.0144. The number of benzene rings is 5. The molecule has 2 amide bonds. The molecular weight excluding hydrogens is 803 g/mol. The van der Waals surface area contributed by atoms with E-state index in [4.69, 9.17) is 9.47 Å². The highest BCUT2D eigenvalue weighted by molar-refractivity contribution is 7.89. The van der Waals surface area contributed by atoms with Crippen LogP contribution < -0.4 is 20.3 Å². The molecule has 3 heterocycles. The van der Waals surface area contributed by atoms with Crippen LogP contribution in [0, 0.1) is 12.8 Å². The summed E-state index contributed by atoms with van der Waals surface area (Å²) < 4.78 is 43.0. The lowest BCUT2D eigenvalue weighted by molar-refractivity contribution is -0.276. The molecule has 0 aromatic heterocycles. The largest absolute Gasteiger partial charge is 0.392 e. The second-order valence-electron chi connectivity index (χ2n) is 16.7. The van der Waals surface area contributed by atoms with Gasteiger partial charge in [-0.2, -0.15) is 4.72 Å². The van der Waals surface area contributed by atoms with Gasteiger partial charge in [0, 0.05) is 43.3 Å². The van der Waals surface area contributed by atoms with E-state index in [-0.39, 0.29) is 48.5 Å². The van der Waals surface area contributed by atoms with Gasteiger partial charge < -0.3 is 35.0 Å². The molecule has 12 nitrogen and oxygen atoms in total. The van der Waals surface area contributed by atoms with Crippen LogP contribution >= 0.6 is 0 Å². The maximum atomic E-state index is 13.7. The minimum atomic E-state index is -3.98. The van der Waals surface area contributed by atoms with Crippen LogP contribution in [-0.4, -0.2) is 74.2 Å². The number of ether oxygens (including phenoxy) is 2. The van der Waals surface area contributed by atoms with Gasteiger partial charge in [0.2, 0.25) is 21.8 Å². The molecule has 8 rings (SSSR count). The lowest BCUT2D eigenvalue weighted by Crippen LogP contribution is -2.57. The second kappa shape index (κ2) is 18.9. The zero-order chi connectivity index (χ0) is 43.3. The Labute approximate surface area is 364 Å². The lowest BCUT2D eigenvalue weighted by Gasteiger charge is -2.46. The maximum absolute atomic E-state index is 13.7. The average molecular weight is 858 g/mol. The van der Waals surface area contributed by atoms with E-state index in [0.29, 0.717) is 26.1 Å². The number of para-hydroxylation sites is 1. The van der Waals surface area contributed by atoms with Crippen molar-refractivity contribution in [2.45, 2.75) is 81.2 Å². The summed E-state index contributed by atoms with van der Waals surface area (Å²) in [5.41, 5.74) is 5.67. The Morgan fingerprint density at radius 3 is 2.11 bits per heavy atom. The topological polar surface area (TPSA) is 150 Å². The number of likely N-dealkylation sites (tertiary alicyclic amines) is 1. The number of sulfonamides is 1. The number of carbonyl (C=O) groups excluding carboxylic acids is 2. The van der Waals surface area contributed by atoms with Gasteiger partial charge in [-0.1, -0.05) is 122 Å². The first-order valence-electron chi connectivity index (χ1n) is 21.3. The number of anilines is 1. The standard InChI is InChI=1S/C49H55N5O7S/c1-34-13-23-42(24-14-34)62(58,59)52-43(29-36-9-5-3-6-10-36)46(56)50-30-37-15-21-40(22-16-37)47-60-44(35(2)45(61-47)39-19-17-38(32-55)18-20-39)31-53-27-25-49(26-28-53)48(57)51-33-54(49)41-11-7-4-8-12-41/h3-24,35,43-45,47,52,55H,25-33H2,1-2H3,(H,50,56)(H,51,57)/t35-,43+,44+,45+,47+/m0/s1. The average Bonchev–Trinajstić information content (AvgIpc) is 3.61. The van der Waals surface area contributed by atoms with Crippen molar-refractivity contribution in [3.05, 3.63) is 167 Å². The molecule has 0 aliphatic carbocycles. The van der Waals surface area contributed by atoms with Gasteiger partial charge in [0.05, 0.1) is 30.4 Å². The summed E-state index contributed by atoms with van der Waals surface area (Å²) in [6.07, 6.45) is 0.405. The number of nitrogens with one attached hydrogen (secondary N) is 3. The highest BCUT2D eigenvalue weighted by atomic mass is 32.2. The van der Waals surface area contributed by atoms with E-state index in [1.54, 1.807) is 12.1 Å². The summed E-state index contributed by atoms with van der Waals surface area (Å²) in [4.78, 5) is 31.8. The number of rotatable bonds is 14. The normalized spacial score (nSPS) is 22.0. The highest BCUT2D eigenvalue weighted by Gasteiger charge is 2.51. The van der Waals surface area contributed by atoms with Gasteiger partial charge >= 0.3 is 0 Å². The van der Waals surface area contributed by atoms with Crippen molar-refractivity contribution in [1.29, 1.82) is 0 Å². The molecule has 3 fully saturated rings. The third kappa shape index (κ3) is 9.63. The SMILES string of the molecule is Cc1ccc(S(=O)(=O)N[C@H](Cc2ccccc2)C(=O)NCc2ccc([C@@H]3O[C@H](CN4CCC5(CC4)C(=O)NCN5c4ccccc4)[C@H](C)[C@H](c4ccc(CO)cc4)O3)cc2)cc1. The zero-order valence-electron chi connectivity index (χ0n) is 35.2. The van der Waals surface area contributed by atoms with Gasteiger partial charge in [-0.3, -0.25) is 9.59 Å². The lowest BCUT2D eigenvalue weighted by atomic mass is 9.84. The second-order valence-corrected chi connectivity index (χ2v) is 18.4. The van der Waals surface area contributed by atoms with Crippen molar-refractivity contribution < 1.29 is 32.6 Å². The predicted molar refractivity (Wildman–Crippen MR) is 237 cm³/mol. The summed E-state index contributed by atoms with van der Waals surface area (Å²) in [6.45, 7) is 6.81. The van der Waals surface area contributed by atoms with Gasteiger partial charge in [0.1, 0.15) is 11.6 Å². The predicted octanol–water partition coefficient (Wildman–Crippen LogP) is 5.91. The molecule has 4 N–H and O–H groups in total. The number of hydrogen-bond donors (Lipinski definition) is 4. The molecule has 62 heavy (non-hydrogen) atoms. The molecule has 5 atom stereocenters. The molecule has 3 aliphatic rings. The molecule has 0 saturated carbocycles. The third-order valence-corrected chi connectivity index (χ3v) is 14.1. The molecule has 3 saturated heterocycles. The van der Waals surface area contributed by atoms with Crippen LogP contribution in [0.2, 0.25) is 0 Å². The van der Waals surface area contributed by atoms with Crippen molar-refractivity contribution in [2.24, 2.45) is 5.92 Å². The maximum Gasteiger partial charge on any atom is 0.247 e. The Bertz CT molecular complexity index is 2390. The molecule has 1 spiro atoms. The number of nitrogens with zero attached hydrogens (tertiary/aromatic N) is 2. The van der Waals surface area contributed by atoms with Crippen LogP contribution in [0.4, 0.5) is 5.69 Å². The molecule has 13 heteroatoms. The van der Waals surface area contributed by atoms with Crippen LogP contribution in [0.5, 0.6) is 0 Å². The van der Waals surface area contributed by atoms with Crippen molar-refractivity contribution in [1.82, 2.24) is 20.3 Å². The summed E-state index contributed by atoms with van der Waals surface area (Å²) in [7, 11) is -3.98. The summed E-state index contributed by atoms with van der Waals surface area (Å²) >= 11 is 0. The fourth-order valence-electron chi connectivity index (χ4n) is 8.84. The molecular formula is C49H55N5O7S. The van der Waals surface area contributed by atoms with E-state index in [1.807, 2.05) is 104 Å².